The summed E-state index contributed by atoms with van der Waals surface area (Å²) >= 11 is 3.32. The van der Waals surface area contributed by atoms with Crippen molar-refractivity contribution in [1.82, 2.24) is 9.88 Å². The highest BCUT2D eigenvalue weighted by molar-refractivity contribution is 9.10. The lowest BCUT2D eigenvalue weighted by Crippen LogP contribution is -2.31. The molecule has 0 unspecified atom stereocenters. The Balaban J connectivity index is 2.37. The predicted molar refractivity (Wildman–Crippen MR) is 83.9 cm³/mol. The summed E-state index contributed by atoms with van der Waals surface area (Å²) in [5, 5.41) is 2.47. The number of carbonyl (C=O) groups is 1. The Kier molecular flexibility index (Phi) is 4.80. The minimum atomic E-state index is -0.398. The van der Waals surface area contributed by atoms with Crippen LogP contribution in [0.1, 0.15) is 15.9 Å². The number of methoxy groups -OCH3 is 1. The number of rotatable bonds is 4. The smallest absolute Gasteiger partial charge is 0.263 e. The Morgan fingerprint density at radius 1 is 1.33 bits per heavy atom. The van der Waals surface area contributed by atoms with E-state index in [1.54, 1.807) is 13.3 Å². The van der Waals surface area contributed by atoms with E-state index in [1.807, 2.05) is 24.3 Å². The molecule has 0 aliphatic rings. The molecule has 0 aliphatic heterocycles. The first-order valence-electron chi connectivity index (χ1n) is 6.30. The van der Waals surface area contributed by atoms with Gasteiger partial charge in [0.15, 0.2) is 0 Å². The van der Waals surface area contributed by atoms with Crippen molar-refractivity contribution >= 4 is 21.8 Å². The molecule has 0 spiro atoms. The van der Waals surface area contributed by atoms with Gasteiger partial charge in [-0.2, -0.15) is 0 Å². The fourth-order valence-electron chi connectivity index (χ4n) is 1.94. The monoisotopic (exact) mass is 350 g/mol. The number of hydrogen-bond acceptors (Lipinski definition) is 3. The molecule has 0 bridgehead atoms. The van der Waals surface area contributed by atoms with Crippen molar-refractivity contribution in [2.45, 2.75) is 6.54 Å². The molecule has 0 radical (unpaired) electrons. The van der Waals surface area contributed by atoms with Crippen molar-refractivity contribution in [2.75, 3.05) is 14.2 Å². The topological polar surface area (TPSA) is 60.3 Å². The summed E-state index contributed by atoms with van der Waals surface area (Å²) in [6.45, 7) is 0.381. The van der Waals surface area contributed by atoms with Crippen LogP contribution in [0.25, 0.3) is 0 Å². The van der Waals surface area contributed by atoms with Gasteiger partial charge < -0.3 is 14.6 Å². The molecule has 110 valence electrons. The molecule has 0 fully saturated rings. The van der Waals surface area contributed by atoms with Crippen LogP contribution < -0.4 is 15.6 Å². The molecule has 0 saturated heterocycles. The van der Waals surface area contributed by atoms with Crippen LogP contribution in [0.5, 0.6) is 5.75 Å². The van der Waals surface area contributed by atoms with Crippen molar-refractivity contribution in [3.8, 4) is 5.75 Å². The maximum atomic E-state index is 12.3. The molecule has 1 heterocycles. The van der Waals surface area contributed by atoms with Gasteiger partial charge in [-0.1, -0.05) is 12.1 Å². The zero-order valence-corrected chi connectivity index (χ0v) is 13.3. The minimum Gasteiger partial charge on any atom is -0.497 e. The van der Waals surface area contributed by atoms with Crippen LogP contribution in [0.4, 0.5) is 0 Å². The van der Waals surface area contributed by atoms with Gasteiger partial charge in [0.25, 0.3) is 11.5 Å². The molecule has 1 N–H and O–H groups in total. The fraction of sp³-hybridized carbons (Fsp3) is 0.200. The van der Waals surface area contributed by atoms with Crippen molar-refractivity contribution in [3.63, 3.8) is 0 Å². The summed E-state index contributed by atoms with van der Waals surface area (Å²) in [5.74, 6) is 0.358. The van der Waals surface area contributed by atoms with Crippen LogP contribution in [0.3, 0.4) is 0 Å². The van der Waals surface area contributed by atoms with Crippen molar-refractivity contribution in [3.05, 3.63) is 62.5 Å². The van der Waals surface area contributed by atoms with Gasteiger partial charge >= 0.3 is 0 Å². The first-order valence-corrected chi connectivity index (χ1v) is 7.09. The van der Waals surface area contributed by atoms with Crippen molar-refractivity contribution < 1.29 is 9.53 Å². The Bertz CT molecular complexity index is 708. The number of pyridine rings is 1. The fourth-order valence-corrected chi connectivity index (χ4v) is 2.42. The molecular formula is C15H15BrN2O3. The lowest BCUT2D eigenvalue weighted by Gasteiger charge is -2.09. The number of aromatic nitrogens is 1. The van der Waals surface area contributed by atoms with E-state index in [9.17, 15) is 9.59 Å². The van der Waals surface area contributed by atoms with E-state index in [4.69, 9.17) is 4.74 Å². The summed E-state index contributed by atoms with van der Waals surface area (Å²) < 4.78 is 7.27. The molecule has 0 saturated carbocycles. The predicted octanol–water partition coefficient (Wildman–Crippen LogP) is 2.03. The molecule has 5 nitrogen and oxygen atoms in total. The van der Waals surface area contributed by atoms with Gasteiger partial charge in [0.05, 0.1) is 13.7 Å². The molecule has 0 atom stereocenters. The summed E-state index contributed by atoms with van der Waals surface area (Å²) in [6.07, 6.45) is 1.67. The second-order valence-corrected chi connectivity index (χ2v) is 5.35. The second-order valence-electron chi connectivity index (χ2n) is 4.43. The maximum absolute atomic E-state index is 12.3. The third-order valence-corrected chi connectivity index (χ3v) is 3.47. The molecule has 6 heteroatoms. The number of hydrogen-bond donors (Lipinski definition) is 1. The maximum Gasteiger partial charge on any atom is 0.263 e. The summed E-state index contributed by atoms with van der Waals surface area (Å²) in [4.78, 5) is 24.0. The number of ether oxygens (including phenoxy) is 1. The molecule has 2 rings (SSSR count). The highest BCUT2D eigenvalue weighted by Gasteiger charge is 2.12. The number of benzene rings is 1. The van der Waals surface area contributed by atoms with Crippen LogP contribution in [0, 0.1) is 0 Å². The Labute approximate surface area is 130 Å². The molecule has 1 aromatic heterocycles. The first kappa shape index (κ1) is 15.3. The SMILES string of the molecule is CNC(=O)c1cc(Br)cn(Cc2ccc(OC)cc2)c1=O. The molecular weight excluding hydrogens is 336 g/mol. The Hall–Kier alpha value is -2.08. The zero-order chi connectivity index (χ0) is 15.4. The number of halogens is 1. The molecule has 1 amide bonds. The van der Waals surface area contributed by atoms with Gasteiger partial charge in [0.1, 0.15) is 11.3 Å². The number of nitrogens with zero attached hydrogens (tertiary/aromatic N) is 1. The molecule has 21 heavy (non-hydrogen) atoms. The quantitative estimate of drug-likeness (QED) is 0.917. The molecule has 2 aromatic rings. The zero-order valence-electron chi connectivity index (χ0n) is 11.7. The van der Waals surface area contributed by atoms with Crippen LogP contribution in [0.15, 0.2) is 45.8 Å². The lowest BCUT2D eigenvalue weighted by atomic mass is 10.2. The van der Waals surface area contributed by atoms with E-state index in [2.05, 4.69) is 21.2 Å². The largest absolute Gasteiger partial charge is 0.497 e. The lowest BCUT2D eigenvalue weighted by molar-refractivity contribution is 0.0961. The van der Waals surface area contributed by atoms with Gasteiger partial charge in [-0.05, 0) is 39.7 Å². The van der Waals surface area contributed by atoms with Gasteiger partial charge in [0, 0.05) is 17.7 Å². The van der Waals surface area contributed by atoms with Gasteiger partial charge in [0.2, 0.25) is 0 Å². The van der Waals surface area contributed by atoms with Crippen molar-refractivity contribution in [2.24, 2.45) is 0 Å². The minimum absolute atomic E-state index is 0.111. The first-order chi connectivity index (χ1) is 10.0. The average molecular weight is 351 g/mol. The van der Waals surface area contributed by atoms with E-state index >= 15 is 0 Å². The highest BCUT2D eigenvalue weighted by Crippen LogP contribution is 2.14. The summed E-state index contributed by atoms with van der Waals surface area (Å²) in [5.41, 5.74) is 0.729. The van der Waals surface area contributed by atoms with Crippen molar-refractivity contribution in [1.29, 1.82) is 0 Å². The number of carbonyl (C=O) groups excluding carboxylic acids is 1. The van der Waals surface area contributed by atoms with Crippen LogP contribution in [-0.4, -0.2) is 24.6 Å². The Morgan fingerprint density at radius 2 is 2.00 bits per heavy atom. The summed E-state index contributed by atoms with van der Waals surface area (Å²) in [6, 6.07) is 8.94. The highest BCUT2D eigenvalue weighted by atomic mass is 79.9. The van der Waals surface area contributed by atoms with E-state index in [-0.39, 0.29) is 11.1 Å². The van der Waals surface area contributed by atoms with Gasteiger partial charge in [-0.15, -0.1) is 0 Å². The summed E-state index contributed by atoms with van der Waals surface area (Å²) in [7, 11) is 3.10. The van der Waals surface area contributed by atoms with Gasteiger partial charge in [-0.25, -0.2) is 0 Å². The third-order valence-electron chi connectivity index (χ3n) is 3.04. The van der Waals surface area contributed by atoms with E-state index < -0.39 is 5.91 Å². The second kappa shape index (κ2) is 6.58. The number of amides is 1. The molecule has 0 aliphatic carbocycles. The average Bonchev–Trinajstić information content (AvgIpc) is 2.50. The van der Waals surface area contributed by atoms with Crippen LogP contribution in [-0.2, 0) is 6.54 Å². The van der Waals surface area contributed by atoms with E-state index in [0.29, 0.717) is 11.0 Å². The van der Waals surface area contributed by atoms with Gasteiger partial charge in [-0.3, -0.25) is 9.59 Å². The van der Waals surface area contributed by atoms with Crippen LogP contribution >= 0.6 is 15.9 Å². The molecule has 1 aromatic carbocycles. The standard InChI is InChI=1S/C15H15BrN2O3/c1-17-14(19)13-7-11(16)9-18(15(13)20)8-10-3-5-12(21-2)6-4-10/h3-7,9H,8H2,1-2H3,(H,17,19). The normalized spacial score (nSPS) is 10.2. The van der Waals surface area contributed by atoms with E-state index in [1.165, 1.54) is 17.7 Å². The van der Waals surface area contributed by atoms with E-state index in [0.717, 1.165) is 11.3 Å². The number of nitrogens with one attached hydrogen (secondary N) is 1. The Morgan fingerprint density at radius 3 is 2.57 bits per heavy atom. The third kappa shape index (κ3) is 3.52. The van der Waals surface area contributed by atoms with Crippen LogP contribution in [0.2, 0.25) is 0 Å².